The molecule has 1 aliphatic carbocycles. The Hall–Kier alpha value is -2.19. The number of hydrogen-bond donors (Lipinski definition) is 2. The normalized spacial score (nSPS) is 14.3. The molecule has 0 aliphatic heterocycles. The smallest absolute Gasteiger partial charge is 0.240 e. The van der Waals surface area contributed by atoms with Gasteiger partial charge >= 0.3 is 0 Å². The van der Waals surface area contributed by atoms with Crippen molar-refractivity contribution in [1.29, 1.82) is 0 Å². The summed E-state index contributed by atoms with van der Waals surface area (Å²) in [5.74, 6) is 0.880. The molecular formula is C22H32N4O3S. The van der Waals surface area contributed by atoms with Crippen LogP contribution in [0.5, 0.6) is 0 Å². The first-order chi connectivity index (χ1) is 14.2. The number of benzene rings is 1. The van der Waals surface area contributed by atoms with E-state index in [1.807, 2.05) is 18.5 Å². The summed E-state index contributed by atoms with van der Waals surface area (Å²) in [7, 11) is -3.49. The van der Waals surface area contributed by atoms with Gasteiger partial charge in [-0.3, -0.25) is 9.48 Å². The van der Waals surface area contributed by atoms with Crippen LogP contribution in [-0.2, 0) is 27.8 Å². The van der Waals surface area contributed by atoms with Crippen molar-refractivity contribution < 1.29 is 13.2 Å². The van der Waals surface area contributed by atoms with Crippen LogP contribution in [0.4, 0.5) is 5.69 Å². The topological polar surface area (TPSA) is 93.1 Å². The molecule has 1 aliphatic rings. The average molecular weight is 433 g/mol. The Kier molecular flexibility index (Phi) is 6.98. The predicted octanol–water partition coefficient (Wildman–Crippen LogP) is 3.42. The van der Waals surface area contributed by atoms with Gasteiger partial charge in [0.1, 0.15) is 0 Å². The van der Waals surface area contributed by atoms with E-state index >= 15 is 0 Å². The third kappa shape index (κ3) is 5.92. The van der Waals surface area contributed by atoms with Gasteiger partial charge in [-0.15, -0.1) is 0 Å². The minimum atomic E-state index is -3.49. The molecule has 1 aromatic heterocycles. The number of hydrogen-bond acceptors (Lipinski definition) is 4. The van der Waals surface area contributed by atoms with Crippen LogP contribution >= 0.6 is 0 Å². The first kappa shape index (κ1) is 22.5. The highest BCUT2D eigenvalue weighted by atomic mass is 32.2. The maximum absolute atomic E-state index is 12.4. The summed E-state index contributed by atoms with van der Waals surface area (Å²) < 4.78 is 29.2. The van der Waals surface area contributed by atoms with Crippen LogP contribution in [-0.4, -0.2) is 30.7 Å². The van der Waals surface area contributed by atoms with Crippen LogP contribution < -0.4 is 10.0 Å². The molecule has 3 rings (SSSR count). The second-order valence-corrected chi connectivity index (χ2v) is 10.4. The summed E-state index contributed by atoms with van der Waals surface area (Å²) in [6, 6.07) is 6.30. The number of aromatic nitrogens is 2. The molecule has 2 aromatic rings. The van der Waals surface area contributed by atoms with Crippen LogP contribution in [0.2, 0.25) is 0 Å². The highest BCUT2D eigenvalue weighted by Gasteiger charge is 2.24. The lowest BCUT2D eigenvalue weighted by atomic mass is 10.1. The lowest BCUT2D eigenvalue weighted by Crippen LogP contribution is -2.25. The minimum Gasteiger partial charge on any atom is -0.326 e. The van der Waals surface area contributed by atoms with Gasteiger partial charge in [-0.25, -0.2) is 13.1 Å². The van der Waals surface area contributed by atoms with Crippen molar-refractivity contribution in [1.82, 2.24) is 14.5 Å². The van der Waals surface area contributed by atoms with E-state index in [1.54, 1.807) is 12.1 Å². The van der Waals surface area contributed by atoms with E-state index in [9.17, 15) is 13.2 Å². The Balaban J connectivity index is 1.54. The quantitative estimate of drug-likeness (QED) is 0.602. The van der Waals surface area contributed by atoms with Gasteiger partial charge in [0.2, 0.25) is 15.9 Å². The summed E-state index contributed by atoms with van der Waals surface area (Å²) in [6.07, 6.45) is 3.15. The number of rotatable bonds is 10. The van der Waals surface area contributed by atoms with E-state index in [1.165, 1.54) is 12.1 Å². The highest BCUT2D eigenvalue weighted by molar-refractivity contribution is 7.89. The molecule has 2 N–H and O–H groups in total. The highest BCUT2D eigenvalue weighted by Crippen LogP contribution is 2.28. The van der Waals surface area contributed by atoms with Crippen LogP contribution in [0.15, 0.2) is 29.2 Å². The molecule has 0 spiro atoms. The van der Waals surface area contributed by atoms with E-state index in [2.05, 4.69) is 29.0 Å². The van der Waals surface area contributed by atoms with E-state index in [4.69, 9.17) is 0 Å². The molecule has 30 heavy (non-hydrogen) atoms. The van der Waals surface area contributed by atoms with Crippen molar-refractivity contribution in [2.75, 3.05) is 11.9 Å². The van der Waals surface area contributed by atoms with Gasteiger partial charge in [-0.1, -0.05) is 13.8 Å². The third-order valence-electron chi connectivity index (χ3n) is 5.38. The average Bonchev–Trinajstić information content (AvgIpc) is 3.46. The summed E-state index contributed by atoms with van der Waals surface area (Å²) in [5, 5.41) is 7.44. The van der Waals surface area contributed by atoms with Gasteiger partial charge in [-0.2, -0.15) is 5.10 Å². The molecule has 164 valence electrons. The fourth-order valence-corrected chi connectivity index (χ4v) is 4.55. The monoisotopic (exact) mass is 432 g/mol. The number of carbonyl (C=O) groups is 1. The standard InChI is InChI=1S/C22H32N4O3S/c1-15(2)14-26-17(4)21(16(3)25-26)11-12-22(27)24-19-7-9-20(10-8-19)30(28,29)23-13-18-5-6-18/h7-10,15,18,23H,5-6,11-14H2,1-4H3,(H,24,27). The second kappa shape index (κ2) is 9.31. The van der Waals surface area contributed by atoms with Crippen molar-refractivity contribution in [2.45, 2.75) is 64.8 Å². The zero-order valence-electron chi connectivity index (χ0n) is 18.2. The Morgan fingerprint density at radius 1 is 1.20 bits per heavy atom. The third-order valence-corrected chi connectivity index (χ3v) is 6.82. The molecule has 1 amide bonds. The SMILES string of the molecule is Cc1nn(CC(C)C)c(C)c1CCC(=O)Nc1ccc(S(=O)(=O)NCC2CC2)cc1. The molecule has 1 fully saturated rings. The molecule has 7 nitrogen and oxygen atoms in total. The first-order valence-electron chi connectivity index (χ1n) is 10.6. The van der Waals surface area contributed by atoms with E-state index < -0.39 is 10.0 Å². The van der Waals surface area contributed by atoms with E-state index in [0.717, 1.165) is 36.3 Å². The Morgan fingerprint density at radius 3 is 2.47 bits per heavy atom. The number of sulfonamides is 1. The summed E-state index contributed by atoms with van der Waals surface area (Å²) in [5.41, 5.74) is 3.79. The van der Waals surface area contributed by atoms with Crippen LogP contribution in [0.1, 0.15) is 50.1 Å². The van der Waals surface area contributed by atoms with Crippen molar-refractivity contribution in [3.63, 3.8) is 0 Å². The summed E-state index contributed by atoms with van der Waals surface area (Å²) in [4.78, 5) is 12.6. The molecule has 0 atom stereocenters. The van der Waals surface area contributed by atoms with Crippen molar-refractivity contribution in [3.05, 3.63) is 41.2 Å². The van der Waals surface area contributed by atoms with E-state index in [-0.39, 0.29) is 10.8 Å². The minimum absolute atomic E-state index is 0.104. The molecule has 0 unspecified atom stereocenters. The zero-order valence-corrected chi connectivity index (χ0v) is 19.1. The predicted molar refractivity (Wildman–Crippen MR) is 118 cm³/mol. The van der Waals surface area contributed by atoms with Gasteiger partial charge in [-0.05, 0) is 74.8 Å². The zero-order chi connectivity index (χ0) is 21.9. The molecular weight excluding hydrogens is 400 g/mol. The van der Waals surface area contributed by atoms with Crippen molar-refractivity contribution >= 4 is 21.6 Å². The molecule has 1 aromatic carbocycles. The number of amides is 1. The van der Waals surface area contributed by atoms with E-state index in [0.29, 0.717) is 36.9 Å². The van der Waals surface area contributed by atoms with Crippen LogP contribution in [0, 0.1) is 25.7 Å². The van der Waals surface area contributed by atoms with Gasteiger partial charge in [0.15, 0.2) is 0 Å². The van der Waals surface area contributed by atoms with Crippen molar-refractivity contribution in [2.24, 2.45) is 11.8 Å². The maximum atomic E-state index is 12.4. The van der Waals surface area contributed by atoms with Gasteiger partial charge in [0.05, 0.1) is 10.6 Å². The Bertz CT molecular complexity index is 990. The maximum Gasteiger partial charge on any atom is 0.240 e. The second-order valence-electron chi connectivity index (χ2n) is 8.59. The first-order valence-corrected chi connectivity index (χ1v) is 12.1. The van der Waals surface area contributed by atoms with Crippen molar-refractivity contribution in [3.8, 4) is 0 Å². The largest absolute Gasteiger partial charge is 0.326 e. The number of nitrogens with zero attached hydrogens (tertiary/aromatic N) is 2. The molecule has 0 radical (unpaired) electrons. The fourth-order valence-electron chi connectivity index (χ4n) is 3.43. The summed E-state index contributed by atoms with van der Waals surface area (Å²) >= 11 is 0. The molecule has 1 heterocycles. The summed E-state index contributed by atoms with van der Waals surface area (Å²) in [6.45, 7) is 9.70. The van der Waals surface area contributed by atoms with Gasteiger partial charge < -0.3 is 5.32 Å². The molecule has 8 heteroatoms. The number of carbonyl (C=O) groups excluding carboxylic acids is 1. The Labute approximate surface area is 179 Å². The lowest BCUT2D eigenvalue weighted by Gasteiger charge is -2.09. The fraction of sp³-hybridized carbons (Fsp3) is 0.545. The number of aryl methyl sites for hydroxylation is 1. The van der Waals surface area contributed by atoms with Gasteiger partial charge in [0.25, 0.3) is 0 Å². The lowest BCUT2D eigenvalue weighted by molar-refractivity contribution is -0.116. The van der Waals surface area contributed by atoms with Crippen LogP contribution in [0.25, 0.3) is 0 Å². The molecule has 1 saturated carbocycles. The Morgan fingerprint density at radius 2 is 1.87 bits per heavy atom. The van der Waals surface area contributed by atoms with Crippen LogP contribution in [0.3, 0.4) is 0 Å². The molecule has 0 saturated heterocycles. The number of anilines is 1. The number of nitrogens with one attached hydrogen (secondary N) is 2. The van der Waals surface area contributed by atoms with Gasteiger partial charge in [0, 0.05) is 30.9 Å². The molecule has 0 bridgehead atoms.